The maximum atomic E-state index is 5.20. The van der Waals surface area contributed by atoms with Crippen LogP contribution in [-0.2, 0) is 6.42 Å². The first-order valence-electron chi connectivity index (χ1n) is 9.29. The Morgan fingerprint density at radius 3 is 2.40 bits per heavy atom. The summed E-state index contributed by atoms with van der Waals surface area (Å²) in [6.07, 6.45) is 7.57. The van der Waals surface area contributed by atoms with Crippen molar-refractivity contribution in [1.82, 2.24) is 20.7 Å². The molecule has 1 aliphatic heterocycles. The van der Waals surface area contributed by atoms with Crippen molar-refractivity contribution in [2.45, 2.75) is 52.4 Å². The predicted molar refractivity (Wildman–Crippen MR) is 114 cm³/mol. The molecule has 0 unspecified atom stereocenters. The number of guanidine groups is 1. The third-order valence-corrected chi connectivity index (χ3v) is 4.71. The van der Waals surface area contributed by atoms with Gasteiger partial charge in [-0.25, -0.2) is 0 Å². The molecular formula is C18H34IN5O. The van der Waals surface area contributed by atoms with Crippen molar-refractivity contribution in [1.29, 1.82) is 0 Å². The summed E-state index contributed by atoms with van der Waals surface area (Å²) in [4.78, 5) is 6.89. The first-order valence-corrected chi connectivity index (χ1v) is 9.29. The molecule has 2 heterocycles. The van der Waals surface area contributed by atoms with Crippen LogP contribution >= 0.6 is 24.0 Å². The van der Waals surface area contributed by atoms with Gasteiger partial charge in [-0.2, -0.15) is 0 Å². The van der Waals surface area contributed by atoms with Gasteiger partial charge >= 0.3 is 0 Å². The molecule has 7 heteroatoms. The van der Waals surface area contributed by atoms with E-state index in [2.05, 4.69) is 25.7 Å². The highest BCUT2D eigenvalue weighted by molar-refractivity contribution is 14.0. The van der Waals surface area contributed by atoms with Gasteiger partial charge < -0.3 is 20.1 Å². The standard InChI is InChI=1S/C18H33N5O.HI/c1-15-17(16(2)24-22-15)9-11-21-18(19-3)20-10-8-14-23-12-6-4-5-7-13-23;/h4-14H2,1-3H3,(H2,19,20,21);1H. The van der Waals surface area contributed by atoms with Gasteiger partial charge in [0.25, 0.3) is 0 Å². The molecule has 2 rings (SSSR count). The second kappa shape index (κ2) is 12.5. The molecule has 2 N–H and O–H groups in total. The molecule has 1 fully saturated rings. The lowest BCUT2D eigenvalue weighted by atomic mass is 10.1. The van der Waals surface area contributed by atoms with E-state index in [1.54, 1.807) is 0 Å². The van der Waals surface area contributed by atoms with E-state index >= 15 is 0 Å². The molecule has 1 aliphatic rings. The molecule has 1 aromatic rings. The fraction of sp³-hybridized carbons (Fsp3) is 0.778. The van der Waals surface area contributed by atoms with E-state index in [0.717, 1.165) is 43.3 Å². The van der Waals surface area contributed by atoms with Crippen LogP contribution in [0.1, 0.15) is 49.1 Å². The number of hydrogen-bond donors (Lipinski definition) is 2. The minimum Gasteiger partial charge on any atom is -0.361 e. The molecule has 6 nitrogen and oxygen atoms in total. The zero-order chi connectivity index (χ0) is 17.2. The van der Waals surface area contributed by atoms with Crippen molar-refractivity contribution in [3.8, 4) is 0 Å². The van der Waals surface area contributed by atoms with E-state index in [4.69, 9.17) is 4.52 Å². The van der Waals surface area contributed by atoms with Crippen LogP contribution in [0, 0.1) is 13.8 Å². The smallest absolute Gasteiger partial charge is 0.190 e. The van der Waals surface area contributed by atoms with Gasteiger partial charge in [-0.1, -0.05) is 18.0 Å². The number of rotatable bonds is 7. The van der Waals surface area contributed by atoms with Gasteiger partial charge in [-0.3, -0.25) is 4.99 Å². The van der Waals surface area contributed by atoms with Gasteiger partial charge in [0.1, 0.15) is 5.76 Å². The van der Waals surface area contributed by atoms with Gasteiger partial charge in [-0.05, 0) is 59.2 Å². The van der Waals surface area contributed by atoms with Gasteiger partial charge in [-0.15, -0.1) is 24.0 Å². The summed E-state index contributed by atoms with van der Waals surface area (Å²) >= 11 is 0. The van der Waals surface area contributed by atoms with E-state index in [1.807, 2.05) is 20.9 Å². The number of aromatic nitrogens is 1. The average molecular weight is 463 g/mol. The van der Waals surface area contributed by atoms with Gasteiger partial charge in [0.05, 0.1) is 5.69 Å². The average Bonchev–Trinajstić information content (AvgIpc) is 2.80. The van der Waals surface area contributed by atoms with Gasteiger partial charge in [0.15, 0.2) is 5.96 Å². The van der Waals surface area contributed by atoms with Crippen molar-refractivity contribution >= 4 is 29.9 Å². The zero-order valence-corrected chi connectivity index (χ0v) is 18.3. The summed E-state index contributed by atoms with van der Waals surface area (Å²) in [5.74, 6) is 1.78. The molecule has 0 aromatic carbocycles. The Kier molecular flexibility index (Phi) is 11.1. The number of nitrogens with zero attached hydrogens (tertiary/aromatic N) is 3. The summed E-state index contributed by atoms with van der Waals surface area (Å²) in [7, 11) is 1.82. The second-order valence-electron chi connectivity index (χ2n) is 6.59. The first kappa shape index (κ1) is 22.2. The number of aliphatic imine (C=N–C) groups is 1. The molecule has 0 bridgehead atoms. The van der Waals surface area contributed by atoms with Crippen molar-refractivity contribution < 1.29 is 4.52 Å². The largest absolute Gasteiger partial charge is 0.361 e. The topological polar surface area (TPSA) is 65.7 Å². The Morgan fingerprint density at radius 2 is 1.80 bits per heavy atom. The Balaban J connectivity index is 0.00000312. The minimum absolute atomic E-state index is 0. The van der Waals surface area contributed by atoms with Crippen LogP contribution < -0.4 is 10.6 Å². The molecular weight excluding hydrogens is 429 g/mol. The van der Waals surface area contributed by atoms with Crippen molar-refractivity contribution in [2.75, 3.05) is 39.8 Å². The molecule has 0 saturated carbocycles. The summed E-state index contributed by atoms with van der Waals surface area (Å²) < 4.78 is 5.20. The highest BCUT2D eigenvalue weighted by atomic mass is 127. The predicted octanol–water partition coefficient (Wildman–Crippen LogP) is 2.88. The lowest BCUT2D eigenvalue weighted by Gasteiger charge is -2.20. The monoisotopic (exact) mass is 463 g/mol. The van der Waals surface area contributed by atoms with Crippen LogP contribution in [0.4, 0.5) is 0 Å². The zero-order valence-electron chi connectivity index (χ0n) is 15.9. The molecule has 0 amide bonds. The first-order chi connectivity index (χ1) is 11.7. The van der Waals surface area contributed by atoms with Crippen molar-refractivity contribution in [3.05, 3.63) is 17.0 Å². The number of aryl methyl sites for hydroxylation is 2. The van der Waals surface area contributed by atoms with Gasteiger partial charge in [0.2, 0.25) is 0 Å². The minimum atomic E-state index is 0. The molecule has 1 aromatic heterocycles. The Morgan fingerprint density at radius 1 is 1.12 bits per heavy atom. The fourth-order valence-electron chi connectivity index (χ4n) is 3.25. The van der Waals surface area contributed by atoms with E-state index in [0.29, 0.717) is 0 Å². The van der Waals surface area contributed by atoms with Crippen LogP contribution in [0.2, 0.25) is 0 Å². The summed E-state index contributed by atoms with van der Waals surface area (Å²) in [6, 6.07) is 0. The summed E-state index contributed by atoms with van der Waals surface area (Å²) in [5.41, 5.74) is 2.17. The van der Waals surface area contributed by atoms with Gasteiger partial charge in [0, 0.05) is 25.7 Å². The normalized spacial score (nSPS) is 16.2. The Bertz CT molecular complexity index is 490. The van der Waals surface area contributed by atoms with Crippen LogP contribution in [0.25, 0.3) is 0 Å². The van der Waals surface area contributed by atoms with E-state index < -0.39 is 0 Å². The van der Waals surface area contributed by atoms with Crippen LogP contribution in [0.5, 0.6) is 0 Å². The summed E-state index contributed by atoms with van der Waals surface area (Å²) in [5, 5.41) is 10.8. The maximum Gasteiger partial charge on any atom is 0.190 e. The third-order valence-electron chi connectivity index (χ3n) is 4.71. The summed E-state index contributed by atoms with van der Waals surface area (Å²) in [6.45, 7) is 9.46. The number of halogens is 1. The molecule has 1 saturated heterocycles. The lowest BCUT2D eigenvalue weighted by Crippen LogP contribution is -2.39. The highest BCUT2D eigenvalue weighted by Gasteiger charge is 2.09. The lowest BCUT2D eigenvalue weighted by molar-refractivity contribution is 0.282. The second-order valence-corrected chi connectivity index (χ2v) is 6.59. The molecule has 0 spiro atoms. The quantitative estimate of drug-likeness (QED) is 0.282. The SMILES string of the molecule is CN=C(NCCCN1CCCCCC1)NCCc1c(C)noc1C.I. The van der Waals surface area contributed by atoms with Crippen molar-refractivity contribution in [3.63, 3.8) is 0 Å². The van der Waals surface area contributed by atoms with E-state index in [9.17, 15) is 0 Å². The van der Waals surface area contributed by atoms with Crippen LogP contribution in [-0.4, -0.2) is 55.8 Å². The highest BCUT2D eigenvalue weighted by Crippen LogP contribution is 2.12. The molecule has 25 heavy (non-hydrogen) atoms. The van der Waals surface area contributed by atoms with Crippen molar-refractivity contribution in [2.24, 2.45) is 4.99 Å². The Hall–Kier alpha value is -0.830. The molecule has 144 valence electrons. The number of nitrogens with one attached hydrogen (secondary N) is 2. The molecule has 0 aliphatic carbocycles. The molecule has 0 radical (unpaired) electrons. The van der Waals surface area contributed by atoms with Crippen LogP contribution in [0.3, 0.4) is 0 Å². The Labute approximate surface area is 169 Å². The third kappa shape index (κ3) is 7.94. The van der Waals surface area contributed by atoms with E-state index in [1.165, 1.54) is 50.9 Å². The van der Waals surface area contributed by atoms with Crippen LogP contribution in [0.15, 0.2) is 9.52 Å². The number of hydrogen-bond acceptors (Lipinski definition) is 4. The number of likely N-dealkylation sites (tertiary alicyclic amines) is 1. The van der Waals surface area contributed by atoms with E-state index in [-0.39, 0.29) is 24.0 Å². The molecule has 0 atom stereocenters. The maximum absolute atomic E-state index is 5.20. The fourth-order valence-corrected chi connectivity index (χ4v) is 3.25.